The smallest absolute Gasteiger partial charge is 0.337 e. The van der Waals surface area contributed by atoms with Crippen LogP contribution in [0.1, 0.15) is 55.9 Å². The second kappa shape index (κ2) is 4.58. The summed E-state index contributed by atoms with van der Waals surface area (Å²) in [6, 6.07) is 5.41. The molecule has 0 amide bonds. The maximum atomic E-state index is 11.4. The molecule has 5 heteroatoms. The van der Waals surface area contributed by atoms with E-state index in [1.807, 2.05) is 10.7 Å². The molecular weight excluding hydrogens is 254 g/mol. The Morgan fingerprint density at radius 2 is 2.05 bits per heavy atom. The zero-order valence-corrected chi connectivity index (χ0v) is 11.8. The first-order chi connectivity index (χ1) is 9.48. The lowest BCUT2D eigenvalue weighted by molar-refractivity contribution is 0.0698. The monoisotopic (exact) mass is 273 g/mol. The van der Waals surface area contributed by atoms with Gasteiger partial charge in [0.05, 0.1) is 11.6 Å². The van der Waals surface area contributed by atoms with Crippen LogP contribution in [0.4, 0.5) is 0 Å². The number of carboxylic acids is 1. The molecule has 3 rings (SSSR count). The summed E-state index contributed by atoms with van der Waals surface area (Å²) in [6.07, 6.45) is 4.32. The van der Waals surface area contributed by atoms with Crippen LogP contribution in [0.3, 0.4) is 0 Å². The molecule has 5 nitrogen and oxygen atoms in total. The van der Waals surface area contributed by atoms with Gasteiger partial charge in [-0.25, -0.2) is 9.48 Å². The fraction of sp³-hybridized carbons (Fsp3) is 0.533. The van der Waals surface area contributed by atoms with Crippen LogP contribution in [0.15, 0.2) is 18.2 Å². The van der Waals surface area contributed by atoms with E-state index in [0.29, 0.717) is 16.4 Å². The molecule has 2 aromatic rings. The third-order valence-corrected chi connectivity index (χ3v) is 4.38. The Morgan fingerprint density at radius 1 is 1.35 bits per heavy atom. The lowest BCUT2D eigenvalue weighted by Crippen LogP contribution is -2.24. The molecule has 1 saturated carbocycles. The highest BCUT2D eigenvalue weighted by molar-refractivity contribution is 6.00. The molecule has 20 heavy (non-hydrogen) atoms. The average Bonchev–Trinajstić information content (AvgIpc) is 2.82. The summed E-state index contributed by atoms with van der Waals surface area (Å²) in [5.74, 6) is -0.921. The molecular formula is C15H19N3O2. The molecule has 1 aliphatic rings. The Kier molecular flexibility index (Phi) is 3.00. The fourth-order valence-electron chi connectivity index (χ4n) is 3.05. The van der Waals surface area contributed by atoms with Crippen LogP contribution in [-0.4, -0.2) is 26.1 Å². The van der Waals surface area contributed by atoms with Gasteiger partial charge in [-0.3, -0.25) is 0 Å². The molecule has 0 saturated heterocycles. The Morgan fingerprint density at radius 3 is 2.70 bits per heavy atom. The van der Waals surface area contributed by atoms with Gasteiger partial charge in [0, 0.05) is 0 Å². The number of carbonyl (C=O) groups is 1. The predicted molar refractivity (Wildman–Crippen MR) is 75.8 cm³/mol. The van der Waals surface area contributed by atoms with E-state index in [1.54, 1.807) is 12.1 Å². The molecule has 1 fully saturated rings. The number of para-hydroxylation sites is 1. The van der Waals surface area contributed by atoms with Gasteiger partial charge in [0.1, 0.15) is 11.0 Å². The first-order valence-corrected chi connectivity index (χ1v) is 7.05. The van der Waals surface area contributed by atoms with Crippen LogP contribution in [0.5, 0.6) is 0 Å². The molecule has 1 N–H and O–H groups in total. The number of rotatable bonds is 2. The third-order valence-electron chi connectivity index (χ3n) is 4.38. The van der Waals surface area contributed by atoms with Crippen LogP contribution in [-0.2, 0) is 0 Å². The molecule has 0 aliphatic heterocycles. The number of hydrogen-bond donors (Lipinski definition) is 1. The summed E-state index contributed by atoms with van der Waals surface area (Å²) in [6.45, 7) is 4.57. The summed E-state index contributed by atoms with van der Waals surface area (Å²) >= 11 is 0. The molecule has 0 unspecified atom stereocenters. The van der Waals surface area contributed by atoms with E-state index in [-0.39, 0.29) is 11.6 Å². The van der Waals surface area contributed by atoms with E-state index in [1.165, 1.54) is 0 Å². The number of aromatic nitrogens is 3. The van der Waals surface area contributed by atoms with Gasteiger partial charge in [0.15, 0.2) is 0 Å². The molecule has 1 aromatic carbocycles. The van der Waals surface area contributed by atoms with Crippen molar-refractivity contribution in [2.24, 2.45) is 5.41 Å². The minimum absolute atomic E-state index is 0.258. The summed E-state index contributed by atoms with van der Waals surface area (Å²) in [5, 5.41) is 17.7. The predicted octanol–water partition coefficient (Wildman–Crippen LogP) is 3.27. The quantitative estimate of drug-likeness (QED) is 0.911. The van der Waals surface area contributed by atoms with Crippen LogP contribution < -0.4 is 0 Å². The minimum atomic E-state index is -0.921. The van der Waals surface area contributed by atoms with Crippen molar-refractivity contribution < 1.29 is 9.90 Å². The highest BCUT2D eigenvalue weighted by Gasteiger charge is 2.29. The van der Waals surface area contributed by atoms with E-state index < -0.39 is 5.97 Å². The van der Waals surface area contributed by atoms with Crippen molar-refractivity contribution in [3.63, 3.8) is 0 Å². The van der Waals surface area contributed by atoms with Gasteiger partial charge >= 0.3 is 5.97 Å². The second-order valence-electron chi connectivity index (χ2n) is 6.41. The van der Waals surface area contributed by atoms with Crippen molar-refractivity contribution in [2.45, 2.75) is 45.6 Å². The number of nitrogens with zero attached hydrogens (tertiary/aromatic N) is 3. The summed E-state index contributed by atoms with van der Waals surface area (Å²) in [5.41, 5.74) is 1.99. The molecule has 0 radical (unpaired) electrons. The highest BCUT2D eigenvalue weighted by Crippen LogP contribution is 2.40. The van der Waals surface area contributed by atoms with E-state index >= 15 is 0 Å². The lowest BCUT2D eigenvalue weighted by atomic mass is 9.75. The zero-order chi connectivity index (χ0) is 14.3. The van der Waals surface area contributed by atoms with Crippen LogP contribution in [0.2, 0.25) is 0 Å². The Balaban J connectivity index is 2.02. The molecule has 1 aliphatic carbocycles. The van der Waals surface area contributed by atoms with Gasteiger partial charge in [-0.05, 0) is 43.2 Å². The van der Waals surface area contributed by atoms with Gasteiger partial charge in [-0.1, -0.05) is 25.1 Å². The van der Waals surface area contributed by atoms with Gasteiger partial charge < -0.3 is 5.11 Å². The fourth-order valence-corrected chi connectivity index (χ4v) is 3.05. The normalized spacial score (nSPS) is 19.3. The number of benzene rings is 1. The topological polar surface area (TPSA) is 68.0 Å². The van der Waals surface area contributed by atoms with Crippen LogP contribution >= 0.6 is 0 Å². The number of carboxylic acid groups (broad SMARTS) is 1. The number of fused-ring (bicyclic) bond motifs is 1. The number of hydrogen-bond acceptors (Lipinski definition) is 3. The maximum absolute atomic E-state index is 11.4. The van der Waals surface area contributed by atoms with Gasteiger partial charge in [0.2, 0.25) is 0 Å². The Bertz CT molecular complexity index is 650. The molecule has 0 spiro atoms. The van der Waals surface area contributed by atoms with Crippen molar-refractivity contribution in [1.29, 1.82) is 0 Å². The van der Waals surface area contributed by atoms with Crippen molar-refractivity contribution in [3.8, 4) is 0 Å². The first-order valence-electron chi connectivity index (χ1n) is 7.05. The molecule has 0 bridgehead atoms. The summed E-state index contributed by atoms with van der Waals surface area (Å²) < 4.78 is 1.83. The lowest BCUT2D eigenvalue weighted by Gasteiger charge is -2.34. The zero-order valence-electron chi connectivity index (χ0n) is 11.8. The largest absolute Gasteiger partial charge is 0.478 e. The van der Waals surface area contributed by atoms with Gasteiger partial charge in [0.25, 0.3) is 0 Å². The van der Waals surface area contributed by atoms with Crippen molar-refractivity contribution in [2.75, 3.05) is 0 Å². The average molecular weight is 273 g/mol. The molecule has 0 atom stereocenters. The van der Waals surface area contributed by atoms with Crippen LogP contribution in [0.25, 0.3) is 11.0 Å². The van der Waals surface area contributed by atoms with Crippen molar-refractivity contribution >= 4 is 17.0 Å². The van der Waals surface area contributed by atoms with Gasteiger partial charge in [-0.2, -0.15) is 0 Å². The molecule has 1 aromatic heterocycles. The number of aromatic carboxylic acids is 1. The third kappa shape index (κ3) is 2.17. The first kappa shape index (κ1) is 13.1. The van der Waals surface area contributed by atoms with Crippen molar-refractivity contribution in [3.05, 3.63) is 23.8 Å². The van der Waals surface area contributed by atoms with Crippen LogP contribution in [0, 0.1) is 5.41 Å². The van der Waals surface area contributed by atoms with Crippen molar-refractivity contribution in [1.82, 2.24) is 15.0 Å². The highest BCUT2D eigenvalue weighted by atomic mass is 16.4. The molecule has 1 heterocycles. The Labute approximate surface area is 117 Å². The SMILES string of the molecule is CC1(C)CCC(n2nnc3cccc(C(=O)O)c32)CC1. The van der Waals surface area contributed by atoms with E-state index in [2.05, 4.69) is 24.2 Å². The standard InChI is InChI=1S/C15H19N3O2/c1-15(2)8-6-10(7-9-15)18-13-11(14(19)20)4-3-5-12(13)16-17-18/h3-5,10H,6-9H2,1-2H3,(H,19,20). The maximum Gasteiger partial charge on any atom is 0.337 e. The molecule has 106 valence electrons. The van der Waals surface area contributed by atoms with E-state index in [0.717, 1.165) is 25.7 Å². The second-order valence-corrected chi connectivity index (χ2v) is 6.41. The summed E-state index contributed by atoms with van der Waals surface area (Å²) in [7, 11) is 0. The minimum Gasteiger partial charge on any atom is -0.478 e. The van der Waals surface area contributed by atoms with E-state index in [4.69, 9.17) is 0 Å². The Hall–Kier alpha value is -1.91. The van der Waals surface area contributed by atoms with Gasteiger partial charge in [-0.15, -0.1) is 5.10 Å². The summed E-state index contributed by atoms with van der Waals surface area (Å²) in [4.78, 5) is 11.4. The van der Waals surface area contributed by atoms with E-state index in [9.17, 15) is 9.90 Å².